The second-order valence-electron chi connectivity index (χ2n) is 8.00. The largest absolute Gasteiger partial charge is 0.417 e. The molecule has 2 aliphatic rings. The van der Waals surface area contributed by atoms with Gasteiger partial charge in [-0.05, 0) is 36.2 Å². The van der Waals surface area contributed by atoms with Crippen LogP contribution in [0.25, 0.3) is 10.9 Å². The van der Waals surface area contributed by atoms with Gasteiger partial charge in [0.05, 0.1) is 34.9 Å². The number of nitrogens with zero attached hydrogens (tertiary/aromatic N) is 3. The van der Waals surface area contributed by atoms with Gasteiger partial charge in [0.25, 0.3) is 5.91 Å². The minimum absolute atomic E-state index is 0.139. The number of carbonyl (C=O) groups excluding carboxylic acids is 1. The number of hydrogen-bond donors (Lipinski definition) is 1. The topological polar surface area (TPSA) is 81.3 Å². The van der Waals surface area contributed by atoms with Gasteiger partial charge in [-0.25, -0.2) is 4.98 Å². The number of fused-ring (bicyclic) bond motifs is 3. The SMILES string of the molecule is Nc1nc2cc(Cl)c(C(=O)N3CC[C@H](c4ccc(C(F)(F)F)cn4)C3)cc2c2c1COC2. The van der Waals surface area contributed by atoms with Crippen molar-refractivity contribution in [2.45, 2.75) is 31.7 Å². The Kier molecular flexibility index (Phi) is 4.98. The summed E-state index contributed by atoms with van der Waals surface area (Å²) >= 11 is 6.41. The summed E-state index contributed by atoms with van der Waals surface area (Å²) in [6, 6.07) is 5.76. The zero-order chi connectivity index (χ0) is 22.6. The monoisotopic (exact) mass is 462 g/mol. The molecule has 0 bridgehead atoms. The van der Waals surface area contributed by atoms with Gasteiger partial charge in [0.15, 0.2) is 0 Å². The number of anilines is 1. The number of hydrogen-bond acceptors (Lipinski definition) is 5. The first-order chi connectivity index (χ1) is 15.2. The summed E-state index contributed by atoms with van der Waals surface area (Å²) in [5.41, 5.74) is 8.44. The lowest BCUT2D eigenvalue weighted by Gasteiger charge is -2.18. The van der Waals surface area contributed by atoms with E-state index in [1.165, 1.54) is 6.07 Å². The lowest BCUT2D eigenvalue weighted by Crippen LogP contribution is -2.28. The third-order valence-corrected chi connectivity index (χ3v) is 6.37. The molecule has 2 aliphatic heterocycles. The van der Waals surface area contributed by atoms with Gasteiger partial charge in [-0.3, -0.25) is 9.78 Å². The first-order valence-electron chi connectivity index (χ1n) is 10.0. The molecule has 166 valence electrons. The van der Waals surface area contributed by atoms with E-state index in [-0.39, 0.29) is 16.8 Å². The summed E-state index contributed by atoms with van der Waals surface area (Å²) in [5, 5.41) is 1.05. The molecule has 0 saturated carbocycles. The predicted octanol–water partition coefficient (Wildman–Crippen LogP) is 4.54. The number of rotatable bonds is 2. The van der Waals surface area contributed by atoms with Gasteiger partial charge in [-0.2, -0.15) is 13.2 Å². The van der Waals surface area contributed by atoms with Gasteiger partial charge in [0, 0.05) is 41.8 Å². The Bertz CT molecular complexity index is 1230. The molecule has 6 nitrogen and oxygen atoms in total. The normalized spacial score (nSPS) is 18.4. The molecule has 0 radical (unpaired) electrons. The molecule has 10 heteroatoms. The third-order valence-electron chi connectivity index (χ3n) is 6.06. The fourth-order valence-corrected chi connectivity index (χ4v) is 4.57. The van der Waals surface area contributed by atoms with Crippen LogP contribution in [0.4, 0.5) is 19.0 Å². The van der Waals surface area contributed by atoms with E-state index in [9.17, 15) is 18.0 Å². The number of alkyl halides is 3. The van der Waals surface area contributed by atoms with E-state index in [0.29, 0.717) is 55.3 Å². The fraction of sp³-hybridized carbons (Fsp3) is 0.318. The standard InChI is InChI=1S/C22H18ClF3N4O2/c23-17-6-19-13(15-9-32-10-16(15)20(27)29-19)5-14(17)21(31)30-4-3-11(8-30)18-2-1-12(7-28-18)22(24,25)26/h1-2,5-7,11H,3-4,8-10H2,(H2,27,29)/t11-/m0/s1. The molecular formula is C22H18ClF3N4O2. The van der Waals surface area contributed by atoms with E-state index in [4.69, 9.17) is 22.1 Å². The molecule has 4 heterocycles. The van der Waals surface area contributed by atoms with Crippen LogP contribution >= 0.6 is 11.6 Å². The van der Waals surface area contributed by atoms with Gasteiger partial charge >= 0.3 is 6.18 Å². The Hall–Kier alpha value is -2.91. The van der Waals surface area contributed by atoms with Crippen LogP contribution in [0, 0.1) is 0 Å². The van der Waals surface area contributed by atoms with Crippen molar-refractivity contribution in [2.24, 2.45) is 0 Å². The summed E-state index contributed by atoms with van der Waals surface area (Å²) in [7, 11) is 0. The van der Waals surface area contributed by atoms with E-state index < -0.39 is 11.7 Å². The lowest BCUT2D eigenvalue weighted by atomic mass is 10.0. The Morgan fingerprint density at radius 2 is 2.00 bits per heavy atom. The summed E-state index contributed by atoms with van der Waals surface area (Å²) in [4.78, 5) is 23.3. The van der Waals surface area contributed by atoms with Crippen molar-refractivity contribution in [3.63, 3.8) is 0 Å². The number of pyridine rings is 2. The number of carbonyl (C=O) groups is 1. The van der Waals surface area contributed by atoms with E-state index in [1.54, 1.807) is 17.0 Å². The molecule has 1 aromatic carbocycles. The number of likely N-dealkylation sites (tertiary alicyclic amines) is 1. The molecule has 0 spiro atoms. The maximum Gasteiger partial charge on any atom is 0.417 e. The van der Waals surface area contributed by atoms with Crippen LogP contribution in [-0.2, 0) is 24.1 Å². The van der Waals surface area contributed by atoms with Crippen molar-refractivity contribution < 1.29 is 22.7 Å². The maximum absolute atomic E-state index is 13.2. The summed E-state index contributed by atoms with van der Waals surface area (Å²) < 4.78 is 43.8. The fourth-order valence-electron chi connectivity index (χ4n) is 4.33. The number of aromatic nitrogens is 2. The number of amides is 1. The Balaban J connectivity index is 1.40. The zero-order valence-corrected chi connectivity index (χ0v) is 17.5. The summed E-state index contributed by atoms with van der Waals surface area (Å²) in [6.45, 7) is 1.58. The van der Waals surface area contributed by atoms with E-state index >= 15 is 0 Å². The molecule has 1 fully saturated rings. The van der Waals surface area contributed by atoms with Crippen LogP contribution in [0.2, 0.25) is 5.02 Å². The smallest absolute Gasteiger partial charge is 0.383 e. The van der Waals surface area contributed by atoms with Gasteiger partial charge in [0.1, 0.15) is 5.82 Å². The van der Waals surface area contributed by atoms with E-state index in [0.717, 1.165) is 28.8 Å². The molecular weight excluding hydrogens is 445 g/mol. The van der Waals surface area contributed by atoms with Crippen LogP contribution in [0.1, 0.15) is 45.1 Å². The van der Waals surface area contributed by atoms with Crippen LogP contribution < -0.4 is 5.73 Å². The highest BCUT2D eigenvalue weighted by molar-refractivity contribution is 6.34. The molecule has 1 atom stereocenters. The van der Waals surface area contributed by atoms with Crippen molar-refractivity contribution in [3.8, 4) is 0 Å². The second kappa shape index (κ2) is 7.60. The number of benzene rings is 1. The van der Waals surface area contributed by atoms with Gasteiger partial charge in [-0.1, -0.05) is 11.6 Å². The van der Waals surface area contributed by atoms with Crippen molar-refractivity contribution in [2.75, 3.05) is 18.8 Å². The molecule has 1 saturated heterocycles. The molecule has 32 heavy (non-hydrogen) atoms. The molecule has 5 rings (SSSR count). The van der Waals surface area contributed by atoms with Gasteiger partial charge in [-0.15, -0.1) is 0 Å². The lowest BCUT2D eigenvalue weighted by molar-refractivity contribution is -0.137. The molecule has 1 amide bonds. The third kappa shape index (κ3) is 3.55. The number of ether oxygens (including phenoxy) is 1. The highest BCUT2D eigenvalue weighted by Gasteiger charge is 2.33. The van der Waals surface area contributed by atoms with Crippen LogP contribution in [0.15, 0.2) is 30.5 Å². The number of nitrogen functional groups attached to an aromatic ring is 1. The quantitative estimate of drug-likeness (QED) is 0.604. The highest BCUT2D eigenvalue weighted by Crippen LogP contribution is 2.36. The van der Waals surface area contributed by atoms with Crippen LogP contribution in [0.5, 0.6) is 0 Å². The molecule has 2 N–H and O–H groups in total. The summed E-state index contributed by atoms with van der Waals surface area (Å²) in [5.74, 6) is 0.0157. The highest BCUT2D eigenvalue weighted by atomic mass is 35.5. The van der Waals surface area contributed by atoms with Crippen molar-refractivity contribution in [3.05, 3.63) is 63.4 Å². The van der Waals surface area contributed by atoms with E-state index in [2.05, 4.69) is 9.97 Å². The predicted molar refractivity (Wildman–Crippen MR) is 112 cm³/mol. The molecule has 3 aromatic rings. The van der Waals surface area contributed by atoms with Crippen molar-refractivity contribution in [1.82, 2.24) is 14.9 Å². The van der Waals surface area contributed by atoms with Crippen molar-refractivity contribution >= 4 is 34.2 Å². The Morgan fingerprint density at radius 1 is 1.22 bits per heavy atom. The molecule has 2 aromatic heterocycles. The van der Waals surface area contributed by atoms with Crippen molar-refractivity contribution in [1.29, 1.82) is 0 Å². The first kappa shape index (κ1) is 21.0. The Morgan fingerprint density at radius 3 is 2.72 bits per heavy atom. The first-order valence-corrected chi connectivity index (χ1v) is 10.4. The zero-order valence-electron chi connectivity index (χ0n) is 16.7. The minimum atomic E-state index is -4.43. The number of nitrogens with two attached hydrogens (primary N) is 1. The minimum Gasteiger partial charge on any atom is -0.383 e. The average Bonchev–Trinajstić information content (AvgIpc) is 3.43. The van der Waals surface area contributed by atoms with Crippen LogP contribution in [0.3, 0.4) is 0 Å². The van der Waals surface area contributed by atoms with Gasteiger partial charge < -0.3 is 15.4 Å². The maximum atomic E-state index is 13.2. The van der Waals surface area contributed by atoms with E-state index in [1.807, 2.05) is 0 Å². The van der Waals surface area contributed by atoms with Crippen LogP contribution in [-0.4, -0.2) is 33.9 Å². The number of halogens is 4. The second-order valence-corrected chi connectivity index (χ2v) is 8.41. The summed E-state index contributed by atoms with van der Waals surface area (Å²) in [6.07, 6.45) is -2.99. The molecule has 0 aliphatic carbocycles. The molecule has 0 unspecified atom stereocenters. The average molecular weight is 463 g/mol. The van der Waals surface area contributed by atoms with Gasteiger partial charge in [0.2, 0.25) is 0 Å². The Labute approximate surface area is 186 Å².